The molecule has 3 aliphatic heterocycles. The van der Waals surface area contributed by atoms with Gasteiger partial charge in [0.05, 0.1) is 6.54 Å². The van der Waals surface area contributed by atoms with E-state index in [4.69, 9.17) is 14.7 Å². The molecule has 0 atom stereocenters. The van der Waals surface area contributed by atoms with Crippen molar-refractivity contribution in [3.63, 3.8) is 0 Å². The van der Waals surface area contributed by atoms with E-state index >= 15 is 0 Å². The number of benzene rings is 1. The van der Waals surface area contributed by atoms with E-state index < -0.39 is 0 Å². The van der Waals surface area contributed by atoms with Crippen molar-refractivity contribution in [2.24, 2.45) is 0 Å². The quantitative estimate of drug-likeness (QED) is 0.392. The van der Waals surface area contributed by atoms with E-state index in [0.717, 1.165) is 31.5 Å². The van der Waals surface area contributed by atoms with Crippen LogP contribution in [0.5, 0.6) is 5.75 Å². The molecule has 0 saturated heterocycles. The molecular weight excluding hydrogens is 506 g/mol. The fraction of sp³-hybridized carbons (Fsp3) is 0.367. The molecule has 4 aromatic rings. The minimum Gasteiger partial charge on any atom is -0.480 e. The first kappa shape index (κ1) is 24.7. The van der Waals surface area contributed by atoms with Crippen molar-refractivity contribution in [3.05, 3.63) is 81.5 Å². The molecule has 204 valence electrons. The zero-order valence-corrected chi connectivity index (χ0v) is 22.7. The number of hydrogen-bond donors (Lipinski definition) is 1. The highest BCUT2D eigenvalue weighted by Gasteiger charge is 2.29. The normalized spacial score (nSPS) is 18.8. The minimum atomic E-state index is -0.186. The van der Waals surface area contributed by atoms with Gasteiger partial charge in [-0.15, -0.1) is 0 Å². The highest BCUT2D eigenvalue weighted by atomic mass is 16.5. The summed E-state index contributed by atoms with van der Waals surface area (Å²) in [6, 6.07) is 10.2. The third kappa shape index (κ3) is 4.10. The van der Waals surface area contributed by atoms with Gasteiger partial charge in [-0.2, -0.15) is 0 Å². The number of amides is 1. The molecule has 0 unspecified atom stereocenters. The van der Waals surface area contributed by atoms with Crippen LogP contribution < -0.4 is 20.5 Å². The molecule has 7 rings (SSSR count). The van der Waals surface area contributed by atoms with E-state index in [1.807, 2.05) is 18.2 Å². The number of aromatic nitrogens is 5. The molecule has 3 aliphatic rings. The molecule has 0 aliphatic carbocycles. The Bertz CT molecular complexity index is 1750. The fourth-order valence-electron chi connectivity index (χ4n) is 5.97. The zero-order chi connectivity index (χ0) is 27.4. The molecule has 40 heavy (non-hydrogen) atoms. The molecule has 0 radical (unpaired) electrons. The van der Waals surface area contributed by atoms with Crippen molar-refractivity contribution in [1.82, 2.24) is 29.6 Å². The number of ether oxygens (including phenoxy) is 1. The average molecular weight is 538 g/mol. The molecule has 0 fully saturated rings. The molecule has 1 N–H and O–H groups in total. The number of anilines is 1. The molecule has 2 bridgehead atoms. The summed E-state index contributed by atoms with van der Waals surface area (Å²) in [6.45, 7) is 7.23. The Hall–Kier alpha value is -4.31. The van der Waals surface area contributed by atoms with Crippen LogP contribution in [0, 0.1) is 0 Å². The highest BCUT2D eigenvalue weighted by Crippen LogP contribution is 2.33. The minimum absolute atomic E-state index is 0.00609. The Kier molecular flexibility index (Phi) is 5.81. The number of rotatable bonds is 2. The smallest absolute Gasteiger partial charge is 0.278 e. The maximum atomic E-state index is 13.5. The molecule has 10 heteroatoms. The van der Waals surface area contributed by atoms with Crippen LogP contribution in [0.1, 0.15) is 49.2 Å². The standard InChI is InChI=1S/C30H31N7O3/c1-30(2)18-31-15-20-13-19(7-8-22(20)30)14-24-32-16-21-27(33-24)37-25-10-9-23-28(34-25)35(26(38)17-40-23)11-5-3-4-6-12-36(37)29(21)39/h4,6-10,13,16,31H,3,5,11-12,14-15,17-18H2,1-2H3/b6-4-. The molecule has 6 heterocycles. The van der Waals surface area contributed by atoms with E-state index in [9.17, 15) is 9.59 Å². The van der Waals surface area contributed by atoms with Crippen LogP contribution in [0.15, 0.2) is 53.5 Å². The Morgan fingerprint density at radius 2 is 2.00 bits per heavy atom. The highest BCUT2D eigenvalue weighted by molar-refractivity contribution is 5.96. The summed E-state index contributed by atoms with van der Waals surface area (Å²) in [5, 5.41) is 3.94. The van der Waals surface area contributed by atoms with Crippen molar-refractivity contribution in [2.75, 3.05) is 24.6 Å². The van der Waals surface area contributed by atoms with Gasteiger partial charge in [0.1, 0.15) is 11.2 Å². The fourth-order valence-corrected chi connectivity index (χ4v) is 5.97. The lowest BCUT2D eigenvalue weighted by atomic mass is 9.78. The van der Waals surface area contributed by atoms with E-state index in [0.29, 0.717) is 53.8 Å². The monoisotopic (exact) mass is 537 g/mol. The van der Waals surface area contributed by atoms with Gasteiger partial charge in [-0.1, -0.05) is 44.2 Å². The Morgan fingerprint density at radius 3 is 2.90 bits per heavy atom. The van der Waals surface area contributed by atoms with E-state index in [1.54, 1.807) is 26.5 Å². The van der Waals surface area contributed by atoms with Crippen LogP contribution in [0.3, 0.4) is 0 Å². The van der Waals surface area contributed by atoms with Crippen LogP contribution in [0.2, 0.25) is 0 Å². The van der Waals surface area contributed by atoms with Gasteiger partial charge in [0, 0.05) is 37.7 Å². The molecular formula is C30H31N7O3. The second kappa shape index (κ2) is 9.41. The first-order valence-electron chi connectivity index (χ1n) is 13.8. The number of nitrogens with zero attached hydrogens (tertiary/aromatic N) is 6. The molecule has 10 nitrogen and oxygen atoms in total. The van der Waals surface area contributed by atoms with E-state index in [2.05, 4.69) is 42.3 Å². The van der Waals surface area contributed by atoms with Gasteiger partial charge in [-0.25, -0.2) is 24.3 Å². The summed E-state index contributed by atoms with van der Waals surface area (Å²) in [5.74, 6) is 2.02. The SMILES string of the molecule is CC1(C)CNCc2cc(Cc3ncc4c(=O)n5n(c4n3)-c3ccc4c(n3)N(CCC/C=C\C5)C(=O)CO4)ccc21. The maximum absolute atomic E-state index is 13.5. The largest absolute Gasteiger partial charge is 0.480 e. The van der Waals surface area contributed by atoms with Crippen LogP contribution in [0.4, 0.5) is 5.82 Å². The zero-order valence-electron chi connectivity index (χ0n) is 22.7. The van der Waals surface area contributed by atoms with Crippen molar-refractivity contribution >= 4 is 22.8 Å². The molecule has 3 aromatic heterocycles. The van der Waals surface area contributed by atoms with Gasteiger partial charge in [0.15, 0.2) is 29.6 Å². The van der Waals surface area contributed by atoms with Gasteiger partial charge in [-0.05, 0) is 41.7 Å². The van der Waals surface area contributed by atoms with Crippen molar-refractivity contribution in [1.29, 1.82) is 0 Å². The molecule has 0 saturated carbocycles. The van der Waals surface area contributed by atoms with Crippen LogP contribution in [-0.4, -0.2) is 49.9 Å². The van der Waals surface area contributed by atoms with Gasteiger partial charge in [0.25, 0.3) is 11.5 Å². The average Bonchev–Trinajstić information content (AvgIpc) is 3.20. The number of fused-ring (bicyclic) bond motifs is 6. The number of carbonyl (C=O) groups excluding carboxylic acids is 1. The topological polar surface area (TPSA) is 107 Å². The second-order valence-corrected chi connectivity index (χ2v) is 11.3. The van der Waals surface area contributed by atoms with Gasteiger partial charge < -0.3 is 10.1 Å². The maximum Gasteiger partial charge on any atom is 0.278 e. The van der Waals surface area contributed by atoms with Crippen molar-refractivity contribution in [2.45, 2.75) is 51.6 Å². The number of carbonyl (C=O) groups is 1. The van der Waals surface area contributed by atoms with Crippen LogP contribution >= 0.6 is 0 Å². The Morgan fingerprint density at radius 1 is 1.10 bits per heavy atom. The Balaban J connectivity index is 1.34. The summed E-state index contributed by atoms with van der Waals surface area (Å²) in [6.07, 6.45) is 7.76. The van der Waals surface area contributed by atoms with E-state index in [-0.39, 0.29) is 23.5 Å². The third-order valence-electron chi connectivity index (χ3n) is 8.02. The lowest BCUT2D eigenvalue weighted by molar-refractivity contribution is -0.121. The first-order chi connectivity index (χ1) is 19.4. The summed E-state index contributed by atoms with van der Waals surface area (Å²) >= 11 is 0. The second-order valence-electron chi connectivity index (χ2n) is 11.3. The van der Waals surface area contributed by atoms with Crippen LogP contribution in [-0.2, 0) is 29.7 Å². The van der Waals surface area contributed by atoms with Gasteiger partial charge in [-0.3, -0.25) is 14.5 Å². The van der Waals surface area contributed by atoms with Crippen molar-refractivity contribution in [3.8, 4) is 11.6 Å². The van der Waals surface area contributed by atoms with E-state index in [1.165, 1.54) is 11.1 Å². The van der Waals surface area contributed by atoms with Crippen LogP contribution in [0.25, 0.3) is 16.9 Å². The Labute approximate surface area is 231 Å². The predicted octanol–water partition coefficient (Wildman–Crippen LogP) is 3.02. The first-order valence-corrected chi connectivity index (χ1v) is 13.8. The molecule has 0 spiro atoms. The predicted molar refractivity (Wildman–Crippen MR) is 151 cm³/mol. The molecule has 1 amide bonds. The summed E-state index contributed by atoms with van der Waals surface area (Å²) in [5.41, 5.74) is 4.17. The lowest BCUT2D eigenvalue weighted by Crippen LogP contribution is -2.40. The number of allylic oxidation sites excluding steroid dienone is 2. The lowest BCUT2D eigenvalue weighted by Gasteiger charge is -2.33. The third-order valence-corrected chi connectivity index (χ3v) is 8.02. The number of nitrogens with one attached hydrogen (secondary N) is 1. The van der Waals surface area contributed by atoms with Gasteiger partial charge >= 0.3 is 0 Å². The van der Waals surface area contributed by atoms with Crippen molar-refractivity contribution < 1.29 is 9.53 Å². The molecule has 1 aromatic carbocycles. The summed E-state index contributed by atoms with van der Waals surface area (Å²) in [7, 11) is 0. The van der Waals surface area contributed by atoms with Gasteiger partial charge in [0.2, 0.25) is 0 Å². The summed E-state index contributed by atoms with van der Waals surface area (Å²) < 4.78 is 9.03. The number of pyridine rings is 1. The number of hydrogen-bond acceptors (Lipinski definition) is 7. The summed E-state index contributed by atoms with van der Waals surface area (Å²) in [4.78, 5) is 42.2.